The molecule has 1 aliphatic rings. The van der Waals surface area contributed by atoms with Gasteiger partial charge in [-0.25, -0.2) is 9.18 Å². The highest BCUT2D eigenvalue weighted by Crippen LogP contribution is 2.36. The zero-order valence-corrected chi connectivity index (χ0v) is 17.6. The number of aliphatic carboxylic acids is 1. The Balaban J connectivity index is 1.66. The summed E-state index contributed by atoms with van der Waals surface area (Å²) in [5.41, 5.74) is -1.33. The summed E-state index contributed by atoms with van der Waals surface area (Å²) in [7, 11) is 0. The van der Waals surface area contributed by atoms with Crippen molar-refractivity contribution in [2.75, 3.05) is 0 Å². The summed E-state index contributed by atoms with van der Waals surface area (Å²) in [5, 5.41) is 11.8. The predicted octanol–water partition coefficient (Wildman–Crippen LogP) is 6.15. The van der Waals surface area contributed by atoms with Crippen LogP contribution in [0.15, 0.2) is 48.2 Å². The van der Waals surface area contributed by atoms with E-state index < -0.39 is 29.3 Å². The van der Waals surface area contributed by atoms with Crippen molar-refractivity contribution in [2.45, 2.75) is 44.7 Å². The third-order valence-corrected chi connectivity index (χ3v) is 5.45. The van der Waals surface area contributed by atoms with Gasteiger partial charge in [0.2, 0.25) is 5.91 Å². The molecule has 2 N–H and O–H groups in total. The number of rotatable bonds is 8. The molecule has 0 bridgehead atoms. The molecule has 0 aromatic heterocycles. The van der Waals surface area contributed by atoms with Crippen molar-refractivity contribution in [3.05, 3.63) is 65.1 Å². The molecule has 1 fully saturated rings. The third-order valence-electron chi connectivity index (χ3n) is 5.45. The van der Waals surface area contributed by atoms with Crippen LogP contribution in [-0.4, -0.2) is 17.0 Å². The van der Waals surface area contributed by atoms with Gasteiger partial charge in [-0.15, -0.1) is 0 Å². The smallest absolute Gasteiger partial charge is 0.419 e. The average Bonchev–Trinajstić information content (AvgIpc) is 3.27. The van der Waals surface area contributed by atoms with Gasteiger partial charge in [-0.2, -0.15) is 13.2 Å². The Morgan fingerprint density at radius 1 is 1.09 bits per heavy atom. The Bertz CT molecular complexity index is 1030. The van der Waals surface area contributed by atoms with Crippen molar-refractivity contribution in [3.63, 3.8) is 0 Å². The highest BCUT2D eigenvalue weighted by atomic mass is 19.4. The van der Waals surface area contributed by atoms with E-state index in [1.54, 1.807) is 0 Å². The van der Waals surface area contributed by atoms with E-state index in [0.717, 1.165) is 44.2 Å². The van der Waals surface area contributed by atoms with Gasteiger partial charge in [-0.3, -0.25) is 4.79 Å². The number of nitrogens with one attached hydrogen (secondary N) is 1. The van der Waals surface area contributed by atoms with Gasteiger partial charge < -0.3 is 15.2 Å². The van der Waals surface area contributed by atoms with Crippen molar-refractivity contribution in [3.8, 4) is 11.5 Å². The maximum atomic E-state index is 14.1. The largest absolute Gasteiger partial charge is 0.477 e. The summed E-state index contributed by atoms with van der Waals surface area (Å²) in [4.78, 5) is 23.7. The number of carboxylic acid groups (broad SMARTS) is 1. The standard InChI is InChI=1S/C24H23F4NO4/c25-22-18(24(26,27)28)6-3-7-20(22)33-17-11-8-16(9-12-17)14-19(23(31)32)29-21(30)13-10-15-4-1-2-5-15/h3,6-9,11-12,14-15H,1-2,4-5,10,13H2,(H,29,30)(H,31,32). The van der Waals surface area contributed by atoms with Gasteiger partial charge in [-0.1, -0.05) is 43.9 Å². The number of benzene rings is 2. The molecule has 33 heavy (non-hydrogen) atoms. The zero-order valence-electron chi connectivity index (χ0n) is 17.6. The molecular formula is C24H23F4NO4. The number of carboxylic acids is 1. The first-order valence-corrected chi connectivity index (χ1v) is 10.5. The van der Waals surface area contributed by atoms with E-state index >= 15 is 0 Å². The molecular weight excluding hydrogens is 442 g/mol. The minimum absolute atomic E-state index is 0.0582. The van der Waals surface area contributed by atoms with Gasteiger partial charge in [0.05, 0.1) is 5.56 Å². The van der Waals surface area contributed by atoms with Crippen LogP contribution >= 0.6 is 0 Å². The van der Waals surface area contributed by atoms with E-state index in [1.807, 2.05) is 0 Å². The second-order valence-corrected chi connectivity index (χ2v) is 7.89. The number of ether oxygens (including phenoxy) is 1. The highest BCUT2D eigenvalue weighted by molar-refractivity contribution is 5.96. The van der Waals surface area contributed by atoms with E-state index in [9.17, 15) is 32.3 Å². The van der Waals surface area contributed by atoms with Crippen LogP contribution < -0.4 is 10.1 Å². The Morgan fingerprint density at radius 2 is 1.76 bits per heavy atom. The lowest BCUT2D eigenvalue weighted by Gasteiger charge is -2.12. The quantitative estimate of drug-likeness (QED) is 0.362. The number of carbonyl (C=O) groups excluding carboxylic acids is 1. The summed E-state index contributed by atoms with van der Waals surface area (Å²) >= 11 is 0. The molecule has 1 saturated carbocycles. The van der Waals surface area contributed by atoms with Gasteiger partial charge in [-0.05, 0) is 48.2 Å². The number of alkyl halides is 3. The number of carbonyl (C=O) groups is 2. The Hall–Kier alpha value is -3.36. The summed E-state index contributed by atoms with van der Waals surface area (Å²) in [6.07, 6.45) is 1.86. The molecule has 9 heteroatoms. The molecule has 0 spiro atoms. The van der Waals surface area contributed by atoms with Gasteiger partial charge in [0, 0.05) is 6.42 Å². The molecule has 2 aromatic rings. The van der Waals surface area contributed by atoms with Crippen molar-refractivity contribution in [1.82, 2.24) is 5.32 Å². The van der Waals surface area contributed by atoms with Gasteiger partial charge in [0.1, 0.15) is 11.4 Å². The fraction of sp³-hybridized carbons (Fsp3) is 0.333. The SMILES string of the molecule is O=C(CCC1CCCC1)NC(=Cc1ccc(Oc2cccc(C(F)(F)F)c2F)cc1)C(=O)O. The van der Waals surface area contributed by atoms with Crippen LogP contribution in [0.3, 0.4) is 0 Å². The van der Waals surface area contributed by atoms with Crippen LogP contribution in [0.2, 0.25) is 0 Å². The maximum absolute atomic E-state index is 14.1. The van der Waals surface area contributed by atoms with Crippen molar-refractivity contribution in [2.24, 2.45) is 5.92 Å². The minimum Gasteiger partial charge on any atom is -0.477 e. The third kappa shape index (κ3) is 6.81. The summed E-state index contributed by atoms with van der Waals surface area (Å²) in [6.45, 7) is 0. The lowest BCUT2D eigenvalue weighted by Crippen LogP contribution is -2.27. The summed E-state index contributed by atoms with van der Waals surface area (Å²) in [6, 6.07) is 8.31. The van der Waals surface area contributed by atoms with Gasteiger partial charge in [0.25, 0.3) is 0 Å². The maximum Gasteiger partial charge on any atom is 0.419 e. The fourth-order valence-electron chi connectivity index (χ4n) is 3.73. The Kier molecular flexibility index (Phi) is 7.73. The molecule has 0 atom stereocenters. The molecule has 2 aromatic carbocycles. The first-order valence-electron chi connectivity index (χ1n) is 10.5. The van der Waals surface area contributed by atoms with Crippen LogP contribution in [0.1, 0.15) is 49.7 Å². The molecule has 1 aliphatic carbocycles. The summed E-state index contributed by atoms with van der Waals surface area (Å²) < 4.78 is 57.9. The lowest BCUT2D eigenvalue weighted by atomic mass is 10.0. The minimum atomic E-state index is -4.85. The van der Waals surface area contributed by atoms with Crippen LogP contribution in [-0.2, 0) is 15.8 Å². The second kappa shape index (κ2) is 10.5. The normalized spacial score (nSPS) is 14.8. The van der Waals surface area contributed by atoms with E-state index in [-0.39, 0.29) is 23.8 Å². The van der Waals surface area contributed by atoms with E-state index in [2.05, 4.69) is 5.32 Å². The monoisotopic (exact) mass is 465 g/mol. The van der Waals surface area contributed by atoms with E-state index in [4.69, 9.17) is 4.74 Å². The van der Waals surface area contributed by atoms with E-state index in [0.29, 0.717) is 17.5 Å². The molecule has 0 heterocycles. The number of hydrogen-bond donors (Lipinski definition) is 2. The van der Waals surface area contributed by atoms with Crippen LogP contribution in [0.4, 0.5) is 17.6 Å². The van der Waals surface area contributed by atoms with Crippen LogP contribution in [0.25, 0.3) is 6.08 Å². The van der Waals surface area contributed by atoms with Gasteiger partial charge in [0.15, 0.2) is 11.6 Å². The summed E-state index contributed by atoms with van der Waals surface area (Å²) in [5.74, 6) is -3.24. The zero-order chi connectivity index (χ0) is 24.0. The molecule has 0 unspecified atom stereocenters. The van der Waals surface area contributed by atoms with Crippen LogP contribution in [0.5, 0.6) is 11.5 Å². The van der Waals surface area contributed by atoms with Crippen molar-refractivity contribution in [1.29, 1.82) is 0 Å². The average molecular weight is 465 g/mol. The number of amides is 1. The van der Waals surface area contributed by atoms with Crippen molar-refractivity contribution >= 4 is 18.0 Å². The number of hydrogen-bond acceptors (Lipinski definition) is 3. The molecule has 0 saturated heterocycles. The second-order valence-electron chi connectivity index (χ2n) is 7.89. The van der Waals surface area contributed by atoms with Gasteiger partial charge >= 0.3 is 12.1 Å². The molecule has 3 rings (SSSR count). The topological polar surface area (TPSA) is 75.6 Å². The van der Waals surface area contributed by atoms with Crippen molar-refractivity contribution < 1.29 is 37.0 Å². The molecule has 5 nitrogen and oxygen atoms in total. The molecule has 0 aliphatic heterocycles. The molecule has 176 valence electrons. The Morgan fingerprint density at radius 3 is 2.36 bits per heavy atom. The molecule has 1 amide bonds. The molecule has 0 radical (unpaired) electrons. The van der Waals surface area contributed by atoms with E-state index in [1.165, 1.54) is 30.3 Å². The number of halogens is 4. The first kappa shape index (κ1) is 24.3. The highest BCUT2D eigenvalue weighted by Gasteiger charge is 2.35. The lowest BCUT2D eigenvalue weighted by molar-refractivity contribution is -0.140. The van der Waals surface area contributed by atoms with Crippen LogP contribution in [0, 0.1) is 11.7 Å². The fourth-order valence-corrected chi connectivity index (χ4v) is 3.73. The predicted molar refractivity (Wildman–Crippen MR) is 113 cm³/mol. The Labute approximate surface area is 188 Å². The first-order chi connectivity index (χ1) is 15.6.